The molecule has 3 heteroatoms. The van der Waals surface area contributed by atoms with E-state index >= 15 is 0 Å². The summed E-state index contributed by atoms with van der Waals surface area (Å²) >= 11 is 0. The third-order valence-corrected chi connectivity index (χ3v) is 2.75. The first kappa shape index (κ1) is 14.3. The smallest absolute Gasteiger partial charge is 0.221 e. The minimum atomic E-state index is -0.0900. The molecule has 0 bridgehead atoms. The van der Waals surface area contributed by atoms with Crippen molar-refractivity contribution in [3.63, 3.8) is 0 Å². The molecule has 0 aliphatic carbocycles. The van der Waals surface area contributed by atoms with E-state index in [1.807, 2.05) is 18.2 Å². The van der Waals surface area contributed by atoms with Crippen molar-refractivity contribution in [3.05, 3.63) is 30.3 Å². The number of rotatable bonds is 6. The molecule has 0 heterocycles. The van der Waals surface area contributed by atoms with Crippen LogP contribution in [-0.2, 0) is 4.79 Å². The molecule has 1 N–H and O–H groups in total. The predicted molar refractivity (Wildman–Crippen MR) is 75.9 cm³/mol. The summed E-state index contributed by atoms with van der Waals surface area (Å²) in [5.41, 5.74) is 2.80. The number of ether oxygens (including phenoxy) is 1. The predicted octanol–water partition coefficient (Wildman–Crippen LogP) is 3.86. The van der Waals surface area contributed by atoms with Gasteiger partial charge in [-0.25, -0.2) is 0 Å². The van der Waals surface area contributed by atoms with Crippen molar-refractivity contribution in [2.75, 3.05) is 12.4 Å². The van der Waals surface area contributed by atoms with Crippen LogP contribution in [0, 0.1) is 0 Å². The number of nitrogens with one attached hydrogen (secondary N) is 1. The van der Waals surface area contributed by atoms with Crippen LogP contribution in [0.4, 0.5) is 5.69 Å². The Hall–Kier alpha value is -1.77. The van der Waals surface area contributed by atoms with Gasteiger partial charge in [0.2, 0.25) is 5.91 Å². The molecule has 0 saturated heterocycles. The highest BCUT2D eigenvalue weighted by Crippen LogP contribution is 2.30. The van der Waals surface area contributed by atoms with Gasteiger partial charge in [-0.2, -0.15) is 0 Å². The number of amides is 1. The maximum Gasteiger partial charge on any atom is 0.221 e. The van der Waals surface area contributed by atoms with Gasteiger partial charge in [-0.3, -0.25) is 4.79 Å². The van der Waals surface area contributed by atoms with Gasteiger partial charge >= 0.3 is 0 Å². The summed E-state index contributed by atoms with van der Waals surface area (Å²) < 4.78 is 5.17. The Labute approximate surface area is 109 Å². The van der Waals surface area contributed by atoms with E-state index in [1.165, 1.54) is 6.92 Å². The van der Waals surface area contributed by atoms with Gasteiger partial charge in [-0.1, -0.05) is 19.9 Å². The molecule has 98 valence electrons. The molecule has 1 aromatic rings. The van der Waals surface area contributed by atoms with Gasteiger partial charge in [0.15, 0.2) is 0 Å². The zero-order valence-corrected chi connectivity index (χ0v) is 11.4. The summed E-state index contributed by atoms with van der Waals surface area (Å²) in [6.45, 7) is 7.74. The van der Waals surface area contributed by atoms with Crippen LogP contribution >= 0.6 is 0 Å². The number of hydrogen-bond donors (Lipinski definition) is 1. The van der Waals surface area contributed by atoms with Gasteiger partial charge in [0, 0.05) is 18.6 Å². The van der Waals surface area contributed by atoms with E-state index in [0.29, 0.717) is 0 Å². The largest absolute Gasteiger partial charge is 0.497 e. The number of carbonyl (C=O) groups is 1. The fraction of sp³-hybridized carbons (Fsp3) is 0.400. The molecule has 0 unspecified atom stereocenters. The van der Waals surface area contributed by atoms with E-state index in [9.17, 15) is 4.79 Å². The molecular weight excluding hydrogens is 226 g/mol. The molecule has 1 aromatic carbocycles. The van der Waals surface area contributed by atoms with Gasteiger partial charge in [0.25, 0.3) is 0 Å². The molecule has 0 saturated carbocycles. The molecule has 0 atom stereocenters. The number of unbranched alkanes of at least 4 members (excludes halogenated alkanes) is 1. The molecule has 1 rings (SSSR count). The third kappa shape index (κ3) is 3.91. The summed E-state index contributed by atoms with van der Waals surface area (Å²) in [6, 6.07) is 5.66. The SMILES string of the molecule is C=C(CCCC)c1ccc(OC)cc1NC(C)=O. The summed E-state index contributed by atoms with van der Waals surface area (Å²) in [7, 11) is 1.61. The van der Waals surface area contributed by atoms with Crippen LogP contribution in [0.5, 0.6) is 5.75 Å². The van der Waals surface area contributed by atoms with Crippen molar-refractivity contribution in [3.8, 4) is 5.75 Å². The van der Waals surface area contributed by atoms with Crippen LogP contribution in [-0.4, -0.2) is 13.0 Å². The van der Waals surface area contributed by atoms with Crippen molar-refractivity contribution in [1.29, 1.82) is 0 Å². The Balaban J connectivity index is 3.01. The number of carbonyl (C=O) groups excluding carboxylic acids is 1. The zero-order valence-electron chi connectivity index (χ0n) is 11.4. The second-order valence-electron chi connectivity index (χ2n) is 4.30. The number of benzene rings is 1. The van der Waals surface area contributed by atoms with E-state index in [-0.39, 0.29) is 5.91 Å². The highest BCUT2D eigenvalue weighted by Gasteiger charge is 2.08. The summed E-state index contributed by atoms with van der Waals surface area (Å²) in [6.07, 6.45) is 3.17. The Bertz CT molecular complexity index is 438. The van der Waals surface area contributed by atoms with Gasteiger partial charge in [0.1, 0.15) is 5.75 Å². The second-order valence-corrected chi connectivity index (χ2v) is 4.30. The molecule has 1 amide bonds. The highest BCUT2D eigenvalue weighted by molar-refractivity contribution is 5.92. The topological polar surface area (TPSA) is 38.3 Å². The molecule has 3 nitrogen and oxygen atoms in total. The van der Waals surface area contributed by atoms with Crippen LogP contribution in [0.2, 0.25) is 0 Å². The quantitative estimate of drug-likeness (QED) is 0.829. The molecule has 0 aliphatic heterocycles. The highest BCUT2D eigenvalue weighted by atomic mass is 16.5. The fourth-order valence-corrected chi connectivity index (χ4v) is 1.78. The number of anilines is 1. The molecule has 18 heavy (non-hydrogen) atoms. The van der Waals surface area contributed by atoms with Crippen LogP contribution in [0.1, 0.15) is 38.7 Å². The second kappa shape index (κ2) is 6.84. The molecule has 0 aromatic heterocycles. The maximum atomic E-state index is 11.2. The van der Waals surface area contributed by atoms with Gasteiger partial charge in [-0.05, 0) is 30.5 Å². The van der Waals surface area contributed by atoms with E-state index < -0.39 is 0 Å². The van der Waals surface area contributed by atoms with Crippen LogP contribution in [0.15, 0.2) is 24.8 Å². The van der Waals surface area contributed by atoms with Crippen molar-refractivity contribution < 1.29 is 9.53 Å². The Kier molecular flexibility index (Phi) is 5.43. The first-order valence-corrected chi connectivity index (χ1v) is 6.22. The molecule has 0 spiro atoms. The molecule has 0 aliphatic rings. The summed E-state index contributed by atoms with van der Waals surface area (Å²) in [5, 5.41) is 2.83. The van der Waals surface area contributed by atoms with E-state index in [1.54, 1.807) is 7.11 Å². The molecule has 0 fully saturated rings. The van der Waals surface area contributed by atoms with Crippen molar-refractivity contribution >= 4 is 17.2 Å². The Morgan fingerprint density at radius 1 is 1.44 bits per heavy atom. The van der Waals surface area contributed by atoms with Crippen LogP contribution in [0.25, 0.3) is 5.57 Å². The van der Waals surface area contributed by atoms with Crippen molar-refractivity contribution in [1.82, 2.24) is 0 Å². The fourth-order valence-electron chi connectivity index (χ4n) is 1.78. The zero-order chi connectivity index (χ0) is 13.5. The van der Waals surface area contributed by atoms with Gasteiger partial charge in [0.05, 0.1) is 12.8 Å². The number of methoxy groups -OCH3 is 1. The minimum absolute atomic E-state index is 0.0900. The van der Waals surface area contributed by atoms with Gasteiger partial charge < -0.3 is 10.1 Å². The molecular formula is C15H21NO2. The normalized spacial score (nSPS) is 9.94. The van der Waals surface area contributed by atoms with Gasteiger partial charge in [-0.15, -0.1) is 0 Å². The van der Waals surface area contributed by atoms with Crippen molar-refractivity contribution in [2.45, 2.75) is 33.1 Å². The lowest BCUT2D eigenvalue weighted by atomic mass is 10.00. The average Bonchev–Trinajstić information content (AvgIpc) is 2.35. The average molecular weight is 247 g/mol. The minimum Gasteiger partial charge on any atom is -0.497 e. The lowest BCUT2D eigenvalue weighted by molar-refractivity contribution is -0.114. The van der Waals surface area contributed by atoms with E-state index in [2.05, 4.69) is 18.8 Å². The first-order valence-electron chi connectivity index (χ1n) is 6.22. The van der Waals surface area contributed by atoms with Crippen LogP contribution < -0.4 is 10.1 Å². The number of hydrogen-bond acceptors (Lipinski definition) is 2. The summed E-state index contributed by atoms with van der Waals surface area (Å²) in [4.78, 5) is 11.2. The Morgan fingerprint density at radius 3 is 2.72 bits per heavy atom. The maximum absolute atomic E-state index is 11.2. The first-order chi connectivity index (χ1) is 8.58. The lowest BCUT2D eigenvalue weighted by Crippen LogP contribution is -2.08. The van der Waals surface area contributed by atoms with E-state index in [4.69, 9.17) is 4.74 Å². The van der Waals surface area contributed by atoms with Crippen LogP contribution in [0.3, 0.4) is 0 Å². The third-order valence-electron chi connectivity index (χ3n) is 2.75. The van der Waals surface area contributed by atoms with Crippen molar-refractivity contribution in [2.24, 2.45) is 0 Å². The monoisotopic (exact) mass is 247 g/mol. The Morgan fingerprint density at radius 2 is 2.17 bits per heavy atom. The summed E-state index contributed by atoms with van der Waals surface area (Å²) in [5.74, 6) is 0.638. The molecule has 0 radical (unpaired) electrons. The van der Waals surface area contributed by atoms with E-state index in [0.717, 1.165) is 41.8 Å². The lowest BCUT2D eigenvalue weighted by Gasteiger charge is -2.13. The standard InChI is InChI=1S/C15H21NO2/c1-5-6-7-11(2)14-9-8-13(18-4)10-15(14)16-12(3)17/h8-10H,2,5-7H2,1,3-4H3,(H,16,17). The number of allylic oxidation sites excluding steroid dienone is 1.